The highest BCUT2D eigenvalue weighted by Crippen LogP contribution is 2.18. The van der Waals surface area contributed by atoms with Gasteiger partial charge in [-0.05, 0) is 6.42 Å². The van der Waals surface area contributed by atoms with E-state index in [0.29, 0.717) is 0 Å². The molecule has 3 nitrogen and oxygen atoms in total. The summed E-state index contributed by atoms with van der Waals surface area (Å²) in [7, 11) is 0. The molecule has 0 spiro atoms. The highest BCUT2D eigenvalue weighted by atomic mass is 35.5. The highest BCUT2D eigenvalue weighted by Gasteiger charge is 2.10. The van der Waals surface area contributed by atoms with Gasteiger partial charge in [0, 0.05) is 13.1 Å². The first kappa shape index (κ1) is 6.04. The lowest BCUT2D eigenvalue weighted by atomic mass is 10.4. The van der Waals surface area contributed by atoms with Crippen LogP contribution in [0.15, 0.2) is 6.20 Å². The molecule has 1 aromatic heterocycles. The fourth-order valence-electron chi connectivity index (χ4n) is 1.15. The van der Waals surface area contributed by atoms with Crippen molar-refractivity contribution in [2.75, 3.05) is 11.9 Å². The molecule has 0 saturated heterocycles. The summed E-state index contributed by atoms with van der Waals surface area (Å²) in [6.45, 7) is 1.99. The third kappa shape index (κ3) is 0.778. The fraction of sp³-hybridized carbons (Fsp3) is 0.500. The van der Waals surface area contributed by atoms with Gasteiger partial charge in [-0.2, -0.15) is 0 Å². The van der Waals surface area contributed by atoms with Gasteiger partial charge in [-0.3, -0.25) is 0 Å². The summed E-state index contributed by atoms with van der Waals surface area (Å²) in [5.74, 6) is 0.899. The average molecular weight is 158 g/mol. The Balaban J connectivity index is 2.45. The molecule has 0 fully saturated rings. The van der Waals surface area contributed by atoms with E-state index >= 15 is 0 Å². The third-order valence-corrected chi connectivity index (χ3v) is 1.95. The minimum Gasteiger partial charge on any atom is -0.356 e. The predicted molar refractivity (Wildman–Crippen MR) is 40.3 cm³/mol. The smallest absolute Gasteiger partial charge is 0.203 e. The zero-order valence-corrected chi connectivity index (χ0v) is 6.23. The molecule has 1 aliphatic heterocycles. The van der Waals surface area contributed by atoms with E-state index < -0.39 is 0 Å². The Bertz CT molecular complexity index is 243. The van der Waals surface area contributed by atoms with Gasteiger partial charge >= 0.3 is 0 Å². The monoisotopic (exact) mass is 157 g/mol. The highest BCUT2D eigenvalue weighted by molar-refractivity contribution is 6.29. The summed E-state index contributed by atoms with van der Waals surface area (Å²) < 4.78 is 1.98. The van der Waals surface area contributed by atoms with Crippen LogP contribution in [0.25, 0.3) is 0 Å². The Morgan fingerprint density at radius 3 is 3.40 bits per heavy atom. The van der Waals surface area contributed by atoms with Gasteiger partial charge < -0.3 is 9.88 Å². The molecule has 10 heavy (non-hydrogen) atoms. The molecule has 0 aliphatic carbocycles. The largest absolute Gasteiger partial charge is 0.356 e. The number of aromatic nitrogens is 2. The van der Waals surface area contributed by atoms with Gasteiger partial charge in [0.2, 0.25) is 5.95 Å². The first-order chi connectivity index (χ1) is 4.88. The van der Waals surface area contributed by atoms with E-state index in [1.165, 1.54) is 0 Å². The summed E-state index contributed by atoms with van der Waals surface area (Å²) >= 11 is 5.82. The minimum absolute atomic E-state index is 0.724. The number of nitrogens with zero attached hydrogens (tertiary/aromatic N) is 2. The van der Waals surface area contributed by atoms with Gasteiger partial charge in [0.15, 0.2) is 0 Å². The molecule has 0 unspecified atom stereocenters. The number of hydrogen-bond acceptors (Lipinski definition) is 2. The van der Waals surface area contributed by atoms with Crippen molar-refractivity contribution in [1.82, 2.24) is 9.55 Å². The second-order valence-electron chi connectivity index (χ2n) is 2.34. The van der Waals surface area contributed by atoms with Crippen molar-refractivity contribution in [2.45, 2.75) is 13.0 Å². The van der Waals surface area contributed by atoms with E-state index in [2.05, 4.69) is 10.3 Å². The molecule has 0 amide bonds. The SMILES string of the molecule is Clc1cnc2n1CCCN2. The normalized spacial score (nSPS) is 16.1. The Hall–Kier alpha value is -0.700. The predicted octanol–water partition coefficient (Wildman–Crippen LogP) is 1.35. The molecule has 0 aromatic carbocycles. The number of halogens is 1. The summed E-state index contributed by atoms with van der Waals surface area (Å²) in [4.78, 5) is 4.08. The van der Waals surface area contributed by atoms with Crippen LogP contribution in [0.4, 0.5) is 5.95 Å². The summed E-state index contributed by atoms with van der Waals surface area (Å²) in [6, 6.07) is 0. The van der Waals surface area contributed by atoms with E-state index in [9.17, 15) is 0 Å². The van der Waals surface area contributed by atoms with Crippen LogP contribution in [0.1, 0.15) is 6.42 Å². The van der Waals surface area contributed by atoms with Gasteiger partial charge in [0.25, 0.3) is 0 Å². The number of rotatable bonds is 0. The van der Waals surface area contributed by atoms with Crippen molar-refractivity contribution < 1.29 is 0 Å². The Morgan fingerprint density at radius 1 is 1.70 bits per heavy atom. The molecule has 4 heteroatoms. The van der Waals surface area contributed by atoms with Crippen LogP contribution < -0.4 is 5.32 Å². The van der Waals surface area contributed by atoms with Gasteiger partial charge in [0.1, 0.15) is 5.15 Å². The maximum atomic E-state index is 5.82. The lowest BCUT2D eigenvalue weighted by Gasteiger charge is -2.15. The van der Waals surface area contributed by atoms with Crippen molar-refractivity contribution in [1.29, 1.82) is 0 Å². The lowest BCUT2D eigenvalue weighted by Crippen LogP contribution is -2.17. The van der Waals surface area contributed by atoms with Crippen LogP contribution in [0.2, 0.25) is 5.15 Å². The molecule has 54 valence electrons. The van der Waals surface area contributed by atoms with Crippen molar-refractivity contribution in [3.05, 3.63) is 11.3 Å². The molecule has 0 saturated carbocycles. The van der Waals surface area contributed by atoms with Gasteiger partial charge in [-0.1, -0.05) is 11.6 Å². The molecule has 1 aromatic rings. The number of hydrogen-bond donors (Lipinski definition) is 1. The Morgan fingerprint density at radius 2 is 2.60 bits per heavy atom. The van der Waals surface area contributed by atoms with E-state index in [4.69, 9.17) is 11.6 Å². The number of imidazole rings is 1. The fourth-order valence-corrected chi connectivity index (χ4v) is 1.36. The summed E-state index contributed by atoms with van der Waals surface area (Å²) in [5.41, 5.74) is 0. The van der Waals surface area contributed by atoms with Crippen LogP contribution in [-0.4, -0.2) is 16.1 Å². The zero-order chi connectivity index (χ0) is 6.97. The van der Waals surface area contributed by atoms with E-state index in [1.54, 1.807) is 6.20 Å². The van der Waals surface area contributed by atoms with Crippen molar-refractivity contribution in [3.63, 3.8) is 0 Å². The van der Waals surface area contributed by atoms with E-state index in [1.807, 2.05) is 4.57 Å². The third-order valence-electron chi connectivity index (χ3n) is 1.65. The lowest BCUT2D eigenvalue weighted by molar-refractivity contribution is 0.628. The Labute approximate surface area is 64.0 Å². The van der Waals surface area contributed by atoms with E-state index in [0.717, 1.165) is 30.6 Å². The maximum absolute atomic E-state index is 5.82. The molecule has 0 radical (unpaired) electrons. The molecule has 2 heterocycles. The second kappa shape index (κ2) is 2.16. The van der Waals surface area contributed by atoms with Crippen LogP contribution in [0.3, 0.4) is 0 Å². The molecule has 0 bridgehead atoms. The van der Waals surface area contributed by atoms with Crippen molar-refractivity contribution in [3.8, 4) is 0 Å². The number of anilines is 1. The summed E-state index contributed by atoms with van der Waals surface area (Å²) in [5, 5.41) is 3.88. The molecule has 1 aliphatic rings. The van der Waals surface area contributed by atoms with Crippen LogP contribution in [0.5, 0.6) is 0 Å². The zero-order valence-electron chi connectivity index (χ0n) is 5.47. The standard InChI is InChI=1S/C6H8ClN3/c7-5-4-9-6-8-2-1-3-10(5)6/h4H,1-3H2,(H,8,9). The van der Waals surface area contributed by atoms with Gasteiger partial charge in [0.05, 0.1) is 6.20 Å². The molecular weight excluding hydrogens is 150 g/mol. The molecule has 0 atom stereocenters. The molecule has 2 rings (SSSR count). The van der Waals surface area contributed by atoms with Crippen LogP contribution >= 0.6 is 11.6 Å². The van der Waals surface area contributed by atoms with Crippen LogP contribution in [-0.2, 0) is 6.54 Å². The summed E-state index contributed by atoms with van der Waals surface area (Å²) in [6.07, 6.45) is 2.80. The van der Waals surface area contributed by atoms with Crippen molar-refractivity contribution in [2.24, 2.45) is 0 Å². The van der Waals surface area contributed by atoms with Crippen LogP contribution in [0, 0.1) is 0 Å². The molecule has 1 N–H and O–H groups in total. The van der Waals surface area contributed by atoms with Crippen molar-refractivity contribution >= 4 is 17.5 Å². The topological polar surface area (TPSA) is 29.9 Å². The first-order valence-corrected chi connectivity index (χ1v) is 3.70. The van der Waals surface area contributed by atoms with Gasteiger partial charge in [-0.25, -0.2) is 4.98 Å². The number of fused-ring (bicyclic) bond motifs is 1. The van der Waals surface area contributed by atoms with Gasteiger partial charge in [-0.15, -0.1) is 0 Å². The molecular formula is C6H8ClN3. The maximum Gasteiger partial charge on any atom is 0.203 e. The quantitative estimate of drug-likeness (QED) is 0.616. The average Bonchev–Trinajstić information content (AvgIpc) is 2.34. The first-order valence-electron chi connectivity index (χ1n) is 3.33. The number of nitrogens with one attached hydrogen (secondary N) is 1. The van der Waals surface area contributed by atoms with E-state index in [-0.39, 0.29) is 0 Å². The second-order valence-corrected chi connectivity index (χ2v) is 2.72. The minimum atomic E-state index is 0.724. The Kier molecular flexibility index (Phi) is 1.31.